The van der Waals surface area contributed by atoms with Gasteiger partial charge >= 0.3 is 6.18 Å². The minimum absolute atomic E-state index is 0.290. The van der Waals surface area contributed by atoms with Crippen LogP contribution in [0, 0.1) is 0 Å². The van der Waals surface area contributed by atoms with Crippen LogP contribution >= 0.6 is 15.9 Å². The van der Waals surface area contributed by atoms with Gasteiger partial charge in [-0.05, 0) is 42.2 Å². The zero-order valence-electron chi connectivity index (χ0n) is 19.9. The van der Waals surface area contributed by atoms with Crippen molar-refractivity contribution < 1.29 is 27.8 Å². The zero-order valence-corrected chi connectivity index (χ0v) is 21.5. The maximum absolute atomic E-state index is 14.3. The second-order valence-corrected chi connectivity index (χ2v) is 10.6. The number of aromatic amines is 1. The van der Waals surface area contributed by atoms with Crippen molar-refractivity contribution in [3.63, 3.8) is 0 Å². The first-order valence-corrected chi connectivity index (χ1v) is 12.1. The molecule has 190 valence electrons. The summed E-state index contributed by atoms with van der Waals surface area (Å²) in [6.07, 6.45) is -4.40. The van der Waals surface area contributed by atoms with Gasteiger partial charge in [0.1, 0.15) is 11.6 Å². The van der Waals surface area contributed by atoms with Gasteiger partial charge in [0, 0.05) is 40.6 Å². The number of methoxy groups -OCH3 is 1. The molecule has 1 atom stereocenters. The van der Waals surface area contributed by atoms with Gasteiger partial charge in [0.2, 0.25) is 0 Å². The van der Waals surface area contributed by atoms with Crippen LogP contribution in [0.25, 0.3) is 10.9 Å². The number of fused-ring (bicyclic) bond motifs is 1. The molecule has 10 heteroatoms. The van der Waals surface area contributed by atoms with Crippen LogP contribution in [0.2, 0.25) is 0 Å². The Bertz CT molecular complexity index is 1190. The van der Waals surface area contributed by atoms with Gasteiger partial charge in [-0.25, -0.2) is 4.98 Å². The Balaban J connectivity index is 1.64. The standard InChI is InChI=1S/C25H29BrF3N3O3/c1-23(2,19-12-17(26)4-5-21(19)34-3)15-24(33,25(27,28)29)13-18-10-16-11-22(30-14-20(16)31-18)32-6-8-35-9-7-32/h4-5,10-12,14,31,33H,6-9,13,15H2,1-3H3. The number of H-pyrrole nitrogens is 1. The number of rotatable bonds is 7. The Kier molecular flexibility index (Phi) is 7.09. The molecule has 0 radical (unpaired) electrons. The van der Waals surface area contributed by atoms with E-state index in [1.165, 1.54) is 7.11 Å². The summed E-state index contributed by atoms with van der Waals surface area (Å²) in [7, 11) is 1.47. The van der Waals surface area contributed by atoms with E-state index in [0.29, 0.717) is 43.1 Å². The van der Waals surface area contributed by atoms with E-state index in [2.05, 4.69) is 30.8 Å². The average Bonchev–Trinajstić information content (AvgIpc) is 3.19. The minimum atomic E-state index is -4.85. The maximum atomic E-state index is 14.3. The van der Waals surface area contributed by atoms with Crippen molar-refractivity contribution >= 4 is 32.7 Å². The van der Waals surface area contributed by atoms with Crippen LogP contribution < -0.4 is 9.64 Å². The maximum Gasteiger partial charge on any atom is 0.417 e. The van der Waals surface area contributed by atoms with Gasteiger partial charge < -0.3 is 24.5 Å². The first-order valence-electron chi connectivity index (χ1n) is 11.4. The number of nitrogens with zero attached hydrogens (tertiary/aromatic N) is 2. The zero-order chi connectivity index (χ0) is 25.4. The molecule has 3 aromatic rings. The highest BCUT2D eigenvalue weighted by Gasteiger charge is 2.56. The number of halogens is 4. The van der Waals surface area contributed by atoms with E-state index in [9.17, 15) is 18.3 Å². The molecule has 1 fully saturated rings. The van der Waals surface area contributed by atoms with Gasteiger partial charge in [-0.2, -0.15) is 13.2 Å². The molecule has 0 spiro atoms. The Morgan fingerprint density at radius 3 is 2.54 bits per heavy atom. The number of alkyl halides is 3. The molecule has 3 heterocycles. The Hall–Kier alpha value is -2.30. The van der Waals surface area contributed by atoms with Crippen LogP contribution in [0.5, 0.6) is 5.75 Å². The highest BCUT2D eigenvalue weighted by Crippen LogP contribution is 2.45. The molecule has 4 rings (SSSR count). The number of ether oxygens (including phenoxy) is 2. The van der Waals surface area contributed by atoms with Gasteiger partial charge in [-0.3, -0.25) is 0 Å². The molecule has 35 heavy (non-hydrogen) atoms. The topological polar surface area (TPSA) is 70.6 Å². The number of hydrogen-bond donors (Lipinski definition) is 2. The quantitative estimate of drug-likeness (QED) is 0.410. The lowest BCUT2D eigenvalue weighted by molar-refractivity contribution is -0.266. The number of aromatic nitrogens is 2. The van der Waals surface area contributed by atoms with E-state index >= 15 is 0 Å². The minimum Gasteiger partial charge on any atom is -0.496 e. The van der Waals surface area contributed by atoms with E-state index in [1.807, 2.05) is 6.07 Å². The third kappa shape index (κ3) is 5.44. The summed E-state index contributed by atoms with van der Waals surface area (Å²) < 4.78 is 54.5. The number of pyridine rings is 1. The fourth-order valence-corrected chi connectivity index (χ4v) is 5.12. The van der Waals surface area contributed by atoms with E-state index in [-0.39, 0.29) is 5.69 Å². The summed E-state index contributed by atoms with van der Waals surface area (Å²) in [6.45, 7) is 5.98. The summed E-state index contributed by atoms with van der Waals surface area (Å²) in [5.74, 6) is 1.22. The van der Waals surface area contributed by atoms with Gasteiger partial charge in [0.25, 0.3) is 0 Å². The first-order chi connectivity index (χ1) is 16.4. The van der Waals surface area contributed by atoms with Gasteiger partial charge in [0.15, 0.2) is 5.60 Å². The van der Waals surface area contributed by atoms with Crippen molar-refractivity contribution in [3.05, 3.63) is 52.3 Å². The van der Waals surface area contributed by atoms with Crippen LogP contribution in [0.4, 0.5) is 19.0 Å². The molecule has 0 saturated carbocycles. The monoisotopic (exact) mass is 555 g/mol. The molecule has 1 saturated heterocycles. The van der Waals surface area contributed by atoms with Crippen LogP contribution in [-0.2, 0) is 16.6 Å². The Morgan fingerprint density at radius 1 is 1.17 bits per heavy atom. The molecule has 1 aromatic carbocycles. The highest BCUT2D eigenvalue weighted by molar-refractivity contribution is 9.10. The molecule has 0 amide bonds. The first kappa shape index (κ1) is 25.8. The van der Waals surface area contributed by atoms with Crippen LogP contribution in [0.15, 0.2) is 41.0 Å². The molecule has 0 aliphatic carbocycles. The summed E-state index contributed by atoms with van der Waals surface area (Å²) in [6, 6.07) is 8.70. The smallest absolute Gasteiger partial charge is 0.417 e. The second kappa shape index (κ2) is 9.63. The van der Waals surface area contributed by atoms with Crippen LogP contribution in [0.1, 0.15) is 31.5 Å². The summed E-state index contributed by atoms with van der Waals surface area (Å²) in [5, 5.41) is 11.8. The van der Waals surface area contributed by atoms with Crippen molar-refractivity contribution in [2.24, 2.45) is 0 Å². The molecule has 1 aliphatic rings. The van der Waals surface area contributed by atoms with Crippen LogP contribution in [0.3, 0.4) is 0 Å². The predicted octanol–water partition coefficient (Wildman–Crippen LogP) is 5.37. The fraction of sp³-hybridized carbons (Fsp3) is 0.480. The normalized spacial score (nSPS) is 17.0. The van der Waals surface area contributed by atoms with Crippen molar-refractivity contribution in [2.45, 2.75) is 43.9 Å². The number of hydrogen-bond acceptors (Lipinski definition) is 5. The third-order valence-electron chi connectivity index (χ3n) is 6.52. The predicted molar refractivity (Wildman–Crippen MR) is 132 cm³/mol. The van der Waals surface area contributed by atoms with Crippen molar-refractivity contribution in [3.8, 4) is 5.75 Å². The number of benzene rings is 1. The Morgan fingerprint density at radius 2 is 1.89 bits per heavy atom. The largest absolute Gasteiger partial charge is 0.496 e. The number of anilines is 1. The SMILES string of the molecule is COc1ccc(Br)cc1C(C)(C)CC(O)(Cc1cc2cc(N3CCOCC3)ncc2[nH]1)C(F)(F)F. The van der Waals surface area contributed by atoms with Gasteiger partial charge in [0.05, 0.1) is 32.0 Å². The highest BCUT2D eigenvalue weighted by atomic mass is 79.9. The average molecular weight is 556 g/mol. The number of aliphatic hydroxyl groups is 1. The molecule has 1 unspecified atom stereocenters. The van der Waals surface area contributed by atoms with E-state index in [0.717, 1.165) is 15.7 Å². The second-order valence-electron chi connectivity index (χ2n) is 9.64. The van der Waals surface area contributed by atoms with Gasteiger partial charge in [-0.15, -0.1) is 0 Å². The fourth-order valence-electron chi connectivity index (χ4n) is 4.75. The van der Waals surface area contributed by atoms with Crippen molar-refractivity contribution in [1.82, 2.24) is 9.97 Å². The van der Waals surface area contributed by atoms with Gasteiger partial charge in [-0.1, -0.05) is 29.8 Å². The number of morpholine rings is 1. The summed E-state index contributed by atoms with van der Waals surface area (Å²) in [5.41, 5.74) is -2.53. The molecule has 2 N–H and O–H groups in total. The number of nitrogens with one attached hydrogen (secondary N) is 1. The van der Waals surface area contributed by atoms with E-state index < -0.39 is 30.0 Å². The third-order valence-corrected chi connectivity index (χ3v) is 7.01. The lowest BCUT2D eigenvalue weighted by Crippen LogP contribution is -2.51. The molecule has 6 nitrogen and oxygen atoms in total. The van der Waals surface area contributed by atoms with Crippen LogP contribution in [-0.4, -0.2) is 60.3 Å². The molecule has 2 aromatic heterocycles. The molecular formula is C25H29BrF3N3O3. The van der Waals surface area contributed by atoms with E-state index in [4.69, 9.17) is 9.47 Å². The molecule has 0 bridgehead atoms. The lowest BCUT2D eigenvalue weighted by Gasteiger charge is -2.38. The lowest BCUT2D eigenvalue weighted by atomic mass is 9.73. The molecule has 1 aliphatic heterocycles. The molecular weight excluding hydrogens is 527 g/mol. The summed E-state index contributed by atoms with van der Waals surface area (Å²) >= 11 is 3.38. The Labute approximate surface area is 210 Å². The van der Waals surface area contributed by atoms with Crippen molar-refractivity contribution in [2.75, 3.05) is 38.3 Å². The van der Waals surface area contributed by atoms with Crippen molar-refractivity contribution in [1.29, 1.82) is 0 Å². The summed E-state index contributed by atoms with van der Waals surface area (Å²) in [4.78, 5) is 9.54. The van der Waals surface area contributed by atoms with E-state index in [1.54, 1.807) is 44.3 Å².